The summed E-state index contributed by atoms with van der Waals surface area (Å²) in [6.07, 6.45) is 1.85. The molecule has 16 heavy (non-hydrogen) atoms. The molecule has 0 spiro atoms. The van der Waals surface area contributed by atoms with Crippen LogP contribution < -0.4 is 11.1 Å². The van der Waals surface area contributed by atoms with E-state index in [1.807, 2.05) is 20.2 Å². The predicted octanol–water partition coefficient (Wildman–Crippen LogP) is 2.19. The van der Waals surface area contributed by atoms with Gasteiger partial charge in [0.2, 0.25) is 0 Å². The van der Waals surface area contributed by atoms with Crippen LogP contribution in [0.1, 0.15) is 5.69 Å². The molecule has 1 aromatic carbocycles. The highest BCUT2D eigenvalue weighted by Gasteiger charge is 2.05. The second-order valence-corrected chi connectivity index (χ2v) is 3.66. The second-order valence-electron chi connectivity index (χ2n) is 3.66. The quantitative estimate of drug-likeness (QED) is 0.763. The molecule has 4 nitrogen and oxygen atoms in total. The molecule has 1 heterocycles. The summed E-state index contributed by atoms with van der Waals surface area (Å²) >= 11 is 0. The highest BCUT2D eigenvalue weighted by molar-refractivity contribution is 5.72. The van der Waals surface area contributed by atoms with Crippen molar-refractivity contribution in [1.82, 2.24) is 9.78 Å². The van der Waals surface area contributed by atoms with Gasteiger partial charge in [0.05, 0.1) is 22.8 Å². The summed E-state index contributed by atoms with van der Waals surface area (Å²) in [6, 6.07) is 4.26. The molecule has 0 aliphatic rings. The van der Waals surface area contributed by atoms with Crippen LogP contribution in [0.3, 0.4) is 0 Å². The summed E-state index contributed by atoms with van der Waals surface area (Å²) < 4.78 is 14.6. The molecule has 0 atom stereocenters. The Bertz CT molecular complexity index is 519. The van der Waals surface area contributed by atoms with Gasteiger partial charge in [0.15, 0.2) is 0 Å². The molecule has 2 aromatic rings. The van der Waals surface area contributed by atoms with E-state index in [9.17, 15) is 4.39 Å². The fourth-order valence-corrected chi connectivity index (χ4v) is 1.51. The van der Waals surface area contributed by atoms with Gasteiger partial charge >= 0.3 is 0 Å². The Labute approximate surface area is 92.9 Å². The van der Waals surface area contributed by atoms with Crippen molar-refractivity contribution in [2.45, 2.75) is 6.92 Å². The zero-order chi connectivity index (χ0) is 11.7. The molecule has 0 fully saturated rings. The monoisotopic (exact) mass is 220 g/mol. The molecule has 0 saturated carbocycles. The first-order chi connectivity index (χ1) is 7.56. The van der Waals surface area contributed by atoms with Crippen LogP contribution in [0.5, 0.6) is 0 Å². The van der Waals surface area contributed by atoms with Crippen molar-refractivity contribution < 1.29 is 4.39 Å². The van der Waals surface area contributed by atoms with Gasteiger partial charge in [0.25, 0.3) is 0 Å². The number of nitrogen functional groups attached to an aromatic ring is 1. The highest BCUT2D eigenvalue weighted by Crippen LogP contribution is 2.24. The normalized spacial score (nSPS) is 10.4. The minimum Gasteiger partial charge on any atom is -0.397 e. The smallest absolute Gasteiger partial charge is 0.125 e. The van der Waals surface area contributed by atoms with Crippen LogP contribution in [-0.4, -0.2) is 9.78 Å². The van der Waals surface area contributed by atoms with Crippen LogP contribution in [0.15, 0.2) is 24.4 Å². The highest BCUT2D eigenvalue weighted by atomic mass is 19.1. The van der Waals surface area contributed by atoms with Crippen molar-refractivity contribution in [2.75, 3.05) is 11.1 Å². The zero-order valence-corrected chi connectivity index (χ0v) is 9.16. The zero-order valence-electron chi connectivity index (χ0n) is 9.16. The largest absolute Gasteiger partial charge is 0.397 e. The fraction of sp³-hybridized carbons (Fsp3) is 0.182. The van der Waals surface area contributed by atoms with Crippen molar-refractivity contribution in [3.63, 3.8) is 0 Å². The van der Waals surface area contributed by atoms with E-state index >= 15 is 0 Å². The standard InChI is InChI=1S/C11H13FN4/c1-7-11(6-16(2)15-7)14-10-4-3-8(12)5-9(10)13/h3-6,14H,13H2,1-2H3. The number of halogens is 1. The van der Waals surface area contributed by atoms with Gasteiger partial charge in [0.1, 0.15) is 5.82 Å². The Balaban J connectivity index is 2.30. The number of nitrogens with two attached hydrogens (primary N) is 1. The lowest BCUT2D eigenvalue weighted by molar-refractivity contribution is 0.628. The van der Waals surface area contributed by atoms with E-state index in [0.717, 1.165) is 11.4 Å². The predicted molar refractivity (Wildman–Crippen MR) is 62.0 cm³/mol. The van der Waals surface area contributed by atoms with E-state index in [1.54, 1.807) is 10.7 Å². The molecule has 0 radical (unpaired) electrons. The first-order valence-corrected chi connectivity index (χ1v) is 4.88. The molecule has 0 saturated heterocycles. The Morgan fingerprint density at radius 1 is 1.38 bits per heavy atom. The first-order valence-electron chi connectivity index (χ1n) is 4.88. The van der Waals surface area contributed by atoms with Gasteiger partial charge in [-0.15, -0.1) is 0 Å². The minimum absolute atomic E-state index is 0.342. The maximum atomic E-state index is 12.8. The number of nitrogens with zero attached hydrogens (tertiary/aromatic N) is 2. The van der Waals surface area contributed by atoms with Crippen LogP contribution in [0.4, 0.5) is 21.5 Å². The lowest BCUT2D eigenvalue weighted by Crippen LogP contribution is -1.97. The topological polar surface area (TPSA) is 55.9 Å². The van der Waals surface area contributed by atoms with Gasteiger partial charge in [0, 0.05) is 13.2 Å². The molecular formula is C11H13FN4. The SMILES string of the molecule is Cc1nn(C)cc1Nc1ccc(F)cc1N. The Hall–Kier alpha value is -2.04. The molecule has 0 aliphatic heterocycles. The molecule has 1 aromatic heterocycles. The number of hydrogen-bond acceptors (Lipinski definition) is 3. The molecule has 3 N–H and O–H groups in total. The summed E-state index contributed by atoms with van der Waals surface area (Å²) in [5, 5.41) is 7.31. The van der Waals surface area contributed by atoms with Gasteiger partial charge in [-0.25, -0.2) is 4.39 Å². The van der Waals surface area contributed by atoms with Gasteiger partial charge < -0.3 is 11.1 Å². The number of aromatic nitrogens is 2. The molecule has 0 aliphatic carbocycles. The van der Waals surface area contributed by atoms with E-state index in [1.165, 1.54) is 12.1 Å². The number of benzene rings is 1. The van der Waals surface area contributed by atoms with E-state index in [4.69, 9.17) is 5.73 Å². The van der Waals surface area contributed by atoms with Gasteiger partial charge in [-0.2, -0.15) is 5.10 Å². The third-order valence-electron chi connectivity index (χ3n) is 2.30. The number of aryl methyl sites for hydroxylation is 2. The second kappa shape index (κ2) is 3.84. The van der Waals surface area contributed by atoms with Gasteiger partial charge in [-0.05, 0) is 25.1 Å². The molecular weight excluding hydrogens is 207 g/mol. The molecule has 2 rings (SSSR count). The molecule has 0 unspecified atom stereocenters. The molecule has 84 valence electrons. The van der Waals surface area contributed by atoms with Crippen molar-refractivity contribution in [3.05, 3.63) is 35.9 Å². The van der Waals surface area contributed by atoms with E-state index in [-0.39, 0.29) is 5.82 Å². The summed E-state index contributed by atoms with van der Waals surface area (Å²) in [7, 11) is 1.84. The van der Waals surface area contributed by atoms with Crippen LogP contribution >= 0.6 is 0 Å². The third-order valence-corrected chi connectivity index (χ3v) is 2.30. The minimum atomic E-state index is -0.342. The van der Waals surface area contributed by atoms with Crippen LogP contribution in [0.2, 0.25) is 0 Å². The van der Waals surface area contributed by atoms with Crippen molar-refractivity contribution in [3.8, 4) is 0 Å². The summed E-state index contributed by atoms with van der Waals surface area (Å²) in [5.41, 5.74) is 8.48. The Morgan fingerprint density at radius 3 is 2.69 bits per heavy atom. The maximum absolute atomic E-state index is 12.8. The fourth-order valence-electron chi connectivity index (χ4n) is 1.51. The van der Waals surface area contributed by atoms with E-state index in [2.05, 4.69) is 10.4 Å². The van der Waals surface area contributed by atoms with Crippen LogP contribution in [-0.2, 0) is 7.05 Å². The maximum Gasteiger partial charge on any atom is 0.125 e. The van der Waals surface area contributed by atoms with Gasteiger partial charge in [-0.3, -0.25) is 4.68 Å². The first kappa shape index (κ1) is 10.5. The van der Waals surface area contributed by atoms with Crippen molar-refractivity contribution in [2.24, 2.45) is 7.05 Å². The van der Waals surface area contributed by atoms with E-state index < -0.39 is 0 Å². The average molecular weight is 220 g/mol. The summed E-state index contributed by atoms with van der Waals surface area (Å²) in [6.45, 7) is 1.89. The molecule has 5 heteroatoms. The number of rotatable bonds is 2. The average Bonchev–Trinajstić information content (AvgIpc) is 2.50. The van der Waals surface area contributed by atoms with Crippen LogP contribution in [0, 0.1) is 12.7 Å². The molecule has 0 amide bonds. The number of anilines is 3. The lowest BCUT2D eigenvalue weighted by Gasteiger charge is -2.07. The lowest BCUT2D eigenvalue weighted by atomic mass is 10.2. The van der Waals surface area contributed by atoms with Crippen LogP contribution in [0.25, 0.3) is 0 Å². The van der Waals surface area contributed by atoms with E-state index in [0.29, 0.717) is 11.4 Å². The van der Waals surface area contributed by atoms with Crippen molar-refractivity contribution >= 4 is 17.1 Å². The summed E-state index contributed by atoms with van der Waals surface area (Å²) in [5.74, 6) is -0.342. The number of nitrogens with one attached hydrogen (secondary N) is 1. The number of hydrogen-bond donors (Lipinski definition) is 2. The van der Waals surface area contributed by atoms with Gasteiger partial charge in [-0.1, -0.05) is 0 Å². The van der Waals surface area contributed by atoms with Crippen molar-refractivity contribution in [1.29, 1.82) is 0 Å². The summed E-state index contributed by atoms with van der Waals surface area (Å²) in [4.78, 5) is 0. The molecule has 0 bridgehead atoms. The third kappa shape index (κ3) is 1.98. The Kier molecular flexibility index (Phi) is 2.52. The Morgan fingerprint density at radius 2 is 2.12 bits per heavy atom.